The van der Waals surface area contributed by atoms with E-state index in [1.807, 2.05) is 12.1 Å². The molecule has 1 heterocycles. The zero-order valence-corrected chi connectivity index (χ0v) is 12.1. The van der Waals surface area contributed by atoms with Gasteiger partial charge in [0.15, 0.2) is 0 Å². The van der Waals surface area contributed by atoms with E-state index in [1.54, 1.807) is 0 Å². The zero-order valence-electron chi connectivity index (χ0n) is 12.1. The molecule has 3 rings (SSSR count). The van der Waals surface area contributed by atoms with Crippen molar-refractivity contribution in [1.82, 2.24) is 0 Å². The molecule has 0 saturated heterocycles. The Morgan fingerprint density at radius 3 is 2.71 bits per heavy atom. The van der Waals surface area contributed by atoms with Gasteiger partial charge < -0.3 is 16.4 Å². The largest absolute Gasteiger partial charge is 0.397 e. The van der Waals surface area contributed by atoms with Crippen LogP contribution in [0.15, 0.2) is 36.4 Å². The Hall–Kier alpha value is -2.49. The molecule has 0 radical (unpaired) electrons. The third-order valence-corrected chi connectivity index (χ3v) is 3.67. The van der Waals surface area contributed by atoms with Gasteiger partial charge in [-0.3, -0.25) is 4.79 Å². The maximum Gasteiger partial charge on any atom is 0.228 e. The Bertz CT molecular complexity index is 677. The molecule has 0 aromatic heterocycles. The van der Waals surface area contributed by atoms with Crippen LogP contribution in [0.2, 0.25) is 0 Å². The van der Waals surface area contributed by atoms with Gasteiger partial charge in [0.25, 0.3) is 0 Å². The molecule has 0 aliphatic carbocycles. The number of carbonyl (C=O) groups excluding carboxylic acids is 1. The summed E-state index contributed by atoms with van der Waals surface area (Å²) in [5.41, 5.74) is 11.7. The van der Waals surface area contributed by atoms with Gasteiger partial charge in [-0.25, -0.2) is 0 Å². The van der Waals surface area contributed by atoms with Crippen molar-refractivity contribution in [3.63, 3.8) is 0 Å². The van der Waals surface area contributed by atoms with Gasteiger partial charge in [-0.15, -0.1) is 0 Å². The van der Waals surface area contributed by atoms with E-state index >= 15 is 0 Å². The first-order valence-corrected chi connectivity index (χ1v) is 7.24. The first-order valence-electron chi connectivity index (χ1n) is 7.24. The minimum atomic E-state index is 0.0190. The molecule has 0 atom stereocenters. The van der Waals surface area contributed by atoms with Crippen LogP contribution in [0.5, 0.6) is 0 Å². The number of fused-ring (bicyclic) bond motifs is 1. The van der Waals surface area contributed by atoms with Gasteiger partial charge in [-0.2, -0.15) is 0 Å². The summed E-state index contributed by atoms with van der Waals surface area (Å²) >= 11 is 0. The number of anilines is 4. The maximum absolute atomic E-state index is 11.4. The van der Waals surface area contributed by atoms with Crippen LogP contribution in [-0.4, -0.2) is 5.91 Å². The lowest BCUT2D eigenvalue weighted by atomic mass is 10.1. The Kier molecular flexibility index (Phi) is 3.52. The third kappa shape index (κ3) is 2.84. The maximum atomic E-state index is 11.4. The monoisotopic (exact) mass is 281 g/mol. The van der Waals surface area contributed by atoms with E-state index in [0.717, 1.165) is 35.5 Å². The van der Waals surface area contributed by atoms with Gasteiger partial charge in [-0.1, -0.05) is 25.5 Å². The summed E-state index contributed by atoms with van der Waals surface area (Å²) in [5, 5.41) is 6.15. The lowest BCUT2D eigenvalue weighted by Crippen LogP contribution is -2.03. The van der Waals surface area contributed by atoms with Crippen molar-refractivity contribution in [2.24, 2.45) is 0 Å². The fraction of sp³-hybridized carbons (Fsp3) is 0.235. The average molecular weight is 281 g/mol. The highest BCUT2D eigenvalue weighted by atomic mass is 16.1. The summed E-state index contributed by atoms with van der Waals surface area (Å²) in [6, 6.07) is 12.1. The van der Waals surface area contributed by atoms with Crippen LogP contribution in [0.4, 0.5) is 22.7 Å². The topological polar surface area (TPSA) is 67.1 Å². The normalized spacial score (nSPS) is 12.9. The number of hydrogen-bond donors (Lipinski definition) is 3. The highest BCUT2D eigenvalue weighted by molar-refractivity contribution is 6.01. The molecule has 4 N–H and O–H groups in total. The van der Waals surface area contributed by atoms with Gasteiger partial charge in [0, 0.05) is 11.4 Å². The molecule has 2 aromatic carbocycles. The van der Waals surface area contributed by atoms with Crippen LogP contribution in [-0.2, 0) is 17.6 Å². The van der Waals surface area contributed by atoms with Gasteiger partial charge in [0.2, 0.25) is 5.91 Å². The van der Waals surface area contributed by atoms with Gasteiger partial charge in [0.05, 0.1) is 17.8 Å². The summed E-state index contributed by atoms with van der Waals surface area (Å²) < 4.78 is 0. The number of nitrogens with one attached hydrogen (secondary N) is 2. The molecule has 108 valence electrons. The summed E-state index contributed by atoms with van der Waals surface area (Å²) in [6.07, 6.45) is 2.64. The highest BCUT2D eigenvalue weighted by Crippen LogP contribution is 2.33. The molecule has 2 aromatic rings. The predicted molar refractivity (Wildman–Crippen MR) is 86.9 cm³/mol. The first kappa shape index (κ1) is 13.5. The number of aryl methyl sites for hydroxylation is 1. The van der Waals surface area contributed by atoms with Crippen molar-refractivity contribution in [2.45, 2.75) is 26.2 Å². The molecule has 1 aliphatic heterocycles. The van der Waals surface area contributed by atoms with Gasteiger partial charge in [0.1, 0.15) is 0 Å². The Balaban J connectivity index is 1.82. The second-order valence-electron chi connectivity index (χ2n) is 5.39. The number of nitrogens with two attached hydrogens (primary N) is 1. The van der Waals surface area contributed by atoms with Gasteiger partial charge in [-0.05, 0) is 41.8 Å². The number of nitrogen functional groups attached to an aromatic ring is 1. The van der Waals surface area contributed by atoms with Crippen molar-refractivity contribution in [3.8, 4) is 0 Å². The fourth-order valence-corrected chi connectivity index (χ4v) is 2.60. The SMILES string of the molecule is CCCc1ccc(Nc2cc3c(cc2N)CC(=O)N3)cc1. The molecular formula is C17H19N3O. The van der Waals surface area contributed by atoms with E-state index in [4.69, 9.17) is 5.73 Å². The summed E-state index contributed by atoms with van der Waals surface area (Å²) in [4.78, 5) is 11.4. The minimum Gasteiger partial charge on any atom is -0.397 e. The van der Waals surface area contributed by atoms with Crippen molar-refractivity contribution in [3.05, 3.63) is 47.5 Å². The lowest BCUT2D eigenvalue weighted by molar-refractivity contribution is -0.115. The molecular weight excluding hydrogens is 262 g/mol. The van der Waals surface area contributed by atoms with Crippen LogP contribution in [0.25, 0.3) is 0 Å². The summed E-state index contributed by atoms with van der Waals surface area (Å²) in [5.74, 6) is 0.0190. The van der Waals surface area contributed by atoms with E-state index in [1.165, 1.54) is 5.56 Å². The Morgan fingerprint density at radius 2 is 2.00 bits per heavy atom. The third-order valence-electron chi connectivity index (χ3n) is 3.67. The molecule has 0 bridgehead atoms. The van der Waals surface area contributed by atoms with Crippen LogP contribution in [0.1, 0.15) is 24.5 Å². The van der Waals surface area contributed by atoms with Crippen molar-refractivity contribution >= 4 is 28.7 Å². The number of hydrogen-bond acceptors (Lipinski definition) is 3. The fourth-order valence-electron chi connectivity index (χ4n) is 2.60. The van der Waals surface area contributed by atoms with E-state index in [0.29, 0.717) is 12.1 Å². The van der Waals surface area contributed by atoms with Crippen molar-refractivity contribution in [1.29, 1.82) is 0 Å². The predicted octanol–water partition coefficient (Wildman–Crippen LogP) is 3.46. The lowest BCUT2D eigenvalue weighted by Gasteiger charge is -2.12. The molecule has 0 spiro atoms. The molecule has 21 heavy (non-hydrogen) atoms. The summed E-state index contributed by atoms with van der Waals surface area (Å²) in [6.45, 7) is 2.17. The molecule has 0 fully saturated rings. The van der Waals surface area contributed by atoms with Crippen LogP contribution in [0.3, 0.4) is 0 Å². The van der Waals surface area contributed by atoms with E-state index in [9.17, 15) is 4.79 Å². The Labute approximate surface area is 124 Å². The van der Waals surface area contributed by atoms with Crippen molar-refractivity contribution < 1.29 is 4.79 Å². The van der Waals surface area contributed by atoms with Crippen LogP contribution < -0.4 is 16.4 Å². The van der Waals surface area contributed by atoms with E-state index in [2.05, 4.69) is 41.8 Å². The van der Waals surface area contributed by atoms with Crippen LogP contribution >= 0.6 is 0 Å². The molecule has 1 amide bonds. The smallest absolute Gasteiger partial charge is 0.228 e. The first-order chi connectivity index (χ1) is 10.2. The number of rotatable bonds is 4. The molecule has 4 heteroatoms. The quantitative estimate of drug-likeness (QED) is 0.752. The molecule has 0 saturated carbocycles. The number of amides is 1. The molecule has 0 unspecified atom stereocenters. The van der Waals surface area contributed by atoms with Crippen molar-refractivity contribution in [2.75, 3.05) is 16.4 Å². The molecule has 1 aliphatic rings. The molecule has 4 nitrogen and oxygen atoms in total. The number of benzene rings is 2. The minimum absolute atomic E-state index is 0.0190. The zero-order chi connectivity index (χ0) is 14.8. The van der Waals surface area contributed by atoms with E-state index < -0.39 is 0 Å². The van der Waals surface area contributed by atoms with E-state index in [-0.39, 0.29) is 5.91 Å². The second kappa shape index (κ2) is 5.48. The van der Waals surface area contributed by atoms with Gasteiger partial charge >= 0.3 is 0 Å². The average Bonchev–Trinajstić information content (AvgIpc) is 2.81. The Morgan fingerprint density at radius 1 is 1.24 bits per heavy atom. The highest BCUT2D eigenvalue weighted by Gasteiger charge is 2.19. The summed E-state index contributed by atoms with van der Waals surface area (Å²) in [7, 11) is 0. The standard InChI is InChI=1S/C17H19N3O/c1-2-3-11-4-6-13(7-5-11)19-16-10-15-12(8-14(16)18)9-17(21)20-15/h4-8,10,19H,2-3,9,18H2,1H3,(H,20,21). The second-order valence-corrected chi connectivity index (χ2v) is 5.39. The van der Waals surface area contributed by atoms with Crippen LogP contribution in [0, 0.1) is 0 Å². The number of carbonyl (C=O) groups is 1.